The van der Waals surface area contributed by atoms with Crippen molar-refractivity contribution < 1.29 is 23.7 Å². The Kier molecular flexibility index (Phi) is 12.1. The van der Waals surface area contributed by atoms with E-state index >= 15 is 0 Å². The summed E-state index contributed by atoms with van der Waals surface area (Å²) in [5.74, 6) is 1.69. The number of hydrogen-bond donors (Lipinski definition) is 0. The third-order valence-electron chi connectivity index (χ3n) is 6.38. The molecule has 1 fully saturated rings. The van der Waals surface area contributed by atoms with E-state index < -0.39 is 0 Å². The zero-order chi connectivity index (χ0) is 23.5. The van der Waals surface area contributed by atoms with Crippen LogP contribution in [0.25, 0.3) is 0 Å². The van der Waals surface area contributed by atoms with E-state index in [4.69, 9.17) is 18.9 Å². The molecule has 1 aliphatic heterocycles. The van der Waals surface area contributed by atoms with E-state index in [0.717, 1.165) is 25.2 Å². The second kappa shape index (κ2) is 14.7. The predicted octanol–water partition coefficient (Wildman–Crippen LogP) is 5.42. The van der Waals surface area contributed by atoms with Gasteiger partial charge in [-0.25, -0.2) is 4.79 Å². The fourth-order valence-corrected chi connectivity index (χ4v) is 4.47. The summed E-state index contributed by atoms with van der Waals surface area (Å²) in [4.78, 5) is 15.1. The molecular formula is C27H38ClNO5. The Bertz CT molecular complexity index is 844. The summed E-state index contributed by atoms with van der Waals surface area (Å²) in [5, 5.41) is 0. The zero-order valence-corrected chi connectivity index (χ0v) is 21.4. The van der Waals surface area contributed by atoms with Crippen LogP contribution in [-0.2, 0) is 11.2 Å². The quantitative estimate of drug-likeness (QED) is 0.292. The SMILES string of the molecule is COc1cc(C(=O)OCCCC2CCN(CCCc3ccccc3)CC2)cc(OC)c1OC.Cl. The molecule has 188 valence electrons. The monoisotopic (exact) mass is 491 g/mol. The number of halogens is 1. The Morgan fingerprint density at radius 2 is 1.59 bits per heavy atom. The molecule has 2 aromatic carbocycles. The molecule has 34 heavy (non-hydrogen) atoms. The number of likely N-dealkylation sites (tertiary alicyclic amines) is 1. The highest BCUT2D eigenvalue weighted by atomic mass is 35.5. The first kappa shape index (κ1) is 27.8. The Labute approximate surface area is 209 Å². The number of rotatable bonds is 12. The topological polar surface area (TPSA) is 57.2 Å². The third kappa shape index (κ3) is 8.10. The van der Waals surface area contributed by atoms with Crippen LogP contribution in [-0.4, -0.2) is 58.4 Å². The lowest BCUT2D eigenvalue weighted by Gasteiger charge is -2.32. The molecule has 0 aromatic heterocycles. The van der Waals surface area contributed by atoms with Gasteiger partial charge in [0, 0.05) is 0 Å². The van der Waals surface area contributed by atoms with Crippen LogP contribution >= 0.6 is 12.4 Å². The lowest BCUT2D eigenvalue weighted by Crippen LogP contribution is -2.34. The van der Waals surface area contributed by atoms with Gasteiger partial charge in [-0.05, 0) is 81.8 Å². The number of methoxy groups -OCH3 is 3. The maximum absolute atomic E-state index is 12.5. The van der Waals surface area contributed by atoms with Gasteiger partial charge in [0.2, 0.25) is 5.75 Å². The van der Waals surface area contributed by atoms with Gasteiger partial charge in [0.15, 0.2) is 11.5 Å². The van der Waals surface area contributed by atoms with Crippen molar-refractivity contribution >= 4 is 18.4 Å². The van der Waals surface area contributed by atoms with Crippen LogP contribution in [0.15, 0.2) is 42.5 Å². The molecule has 0 saturated carbocycles. The molecule has 7 heteroatoms. The van der Waals surface area contributed by atoms with Gasteiger partial charge in [-0.1, -0.05) is 30.3 Å². The first-order valence-corrected chi connectivity index (χ1v) is 11.9. The minimum atomic E-state index is -0.373. The molecule has 0 radical (unpaired) electrons. The average Bonchev–Trinajstić information content (AvgIpc) is 2.87. The van der Waals surface area contributed by atoms with Crippen molar-refractivity contribution in [3.8, 4) is 17.2 Å². The Balaban J connectivity index is 0.00000408. The molecule has 6 nitrogen and oxygen atoms in total. The smallest absolute Gasteiger partial charge is 0.338 e. The maximum Gasteiger partial charge on any atom is 0.338 e. The molecule has 0 spiro atoms. The molecule has 0 N–H and O–H groups in total. The van der Waals surface area contributed by atoms with Crippen LogP contribution in [0.4, 0.5) is 0 Å². The van der Waals surface area contributed by atoms with E-state index in [1.165, 1.54) is 65.8 Å². The Morgan fingerprint density at radius 3 is 2.18 bits per heavy atom. The van der Waals surface area contributed by atoms with Crippen LogP contribution in [0.2, 0.25) is 0 Å². The summed E-state index contributed by atoms with van der Waals surface area (Å²) in [7, 11) is 4.59. The van der Waals surface area contributed by atoms with Crippen molar-refractivity contribution in [2.75, 3.05) is 47.6 Å². The number of hydrogen-bond acceptors (Lipinski definition) is 6. The Hall–Kier alpha value is -2.44. The maximum atomic E-state index is 12.5. The van der Waals surface area contributed by atoms with Gasteiger partial charge < -0.3 is 23.8 Å². The fourth-order valence-electron chi connectivity index (χ4n) is 4.47. The molecule has 0 aliphatic carbocycles. The summed E-state index contributed by atoms with van der Waals surface area (Å²) >= 11 is 0. The molecule has 2 aromatic rings. The summed E-state index contributed by atoms with van der Waals surface area (Å²) in [6.07, 6.45) is 6.80. The second-order valence-electron chi connectivity index (χ2n) is 8.57. The third-order valence-corrected chi connectivity index (χ3v) is 6.38. The number of ether oxygens (including phenoxy) is 4. The van der Waals surface area contributed by atoms with Gasteiger partial charge in [0.1, 0.15) is 0 Å². The fraction of sp³-hybridized carbons (Fsp3) is 0.519. The summed E-state index contributed by atoms with van der Waals surface area (Å²) in [6.45, 7) is 3.94. The van der Waals surface area contributed by atoms with Crippen molar-refractivity contribution in [1.29, 1.82) is 0 Å². The van der Waals surface area contributed by atoms with Crippen molar-refractivity contribution in [3.05, 3.63) is 53.6 Å². The standard InChI is InChI=1S/C27H37NO5.ClH/c1-30-24-19-23(20-25(31-2)26(24)32-3)27(29)33-18-8-12-22-13-16-28(17-14-22)15-7-11-21-9-5-4-6-10-21;/h4-6,9-10,19-20,22H,7-8,11-18H2,1-3H3;1H. The highest BCUT2D eigenvalue weighted by molar-refractivity contribution is 5.91. The van der Waals surface area contributed by atoms with E-state index in [1.54, 1.807) is 12.1 Å². The number of carbonyl (C=O) groups excluding carboxylic acids is 1. The molecule has 1 aliphatic rings. The molecule has 0 atom stereocenters. The first-order valence-electron chi connectivity index (χ1n) is 11.9. The van der Waals surface area contributed by atoms with Gasteiger partial charge >= 0.3 is 5.97 Å². The molecule has 1 saturated heterocycles. The van der Waals surface area contributed by atoms with Gasteiger partial charge in [-0.15, -0.1) is 12.4 Å². The zero-order valence-electron chi connectivity index (χ0n) is 20.6. The molecule has 0 amide bonds. The predicted molar refractivity (Wildman–Crippen MR) is 137 cm³/mol. The molecule has 1 heterocycles. The van der Waals surface area contributed by atoms with E-state index in [1.807, 2.05) is 0 Å². The summed E-state index contributed by atoms with van der Waals surface area (Å²) in [6, 6.07) is 14.0. The van der Waals surface area contributed by atoms with E-state index in [9.17, 15) is 4.79 Å². The largest absolute Gasteiger partial charge is 0.493 e. The average molecular weight is 492 g/mol. The van der Waals surface area contributed by atoms with Crippen molar-refractivity contribution in [1.82, 2.24) is 4.90 Å². The minimum Gasteiger partial charge on any atom is -0.493 e. The van der Waals surface area contributed by atoms with Crippen LogP contribution in [0, 0.1) is 5.92 Å². The highest BCUT2D eigenvalue weighted by Gasteiger charge is 2.20. The van der Waals surface area contributed by atoms with Crippen LogP contribution < -0.4 is 14.2 Å². The summed E-state index contributed by atoms with van der Waals surface area (Å²) in [5.41, 5.74) is 1.82. The minimum absolute atomic E-state index is 0. The van der Waals surface area contributed by atoms with E-state index in [-0.39, 0.29) is 18.4 Å². The number of benzene rings is 2. The number of carbonyl (C=O) groups is 1. The first-order chi connectivity index (χ1) is 16.1. The molecule has 0 bridgehead atoms. The highest BCUT2D eigenvalue weighted by Crippen LogP contribution is 2.38. The van der Waals surface area contributed by atoms with Crippen LogP contribution in [0.1, 0.15) is 48.0 Å². The van der Waals surface area contributed by atoms with Gasteiger partial charge in [0.25, 0.3) is 0 Å². The molecule has 0 unspecified atom stereocenters. The van der Waals surface area contributed by atoms with E-state index in [0.29, 0.717) is 29.4 Å². The molecule has 3 rings (SSSR count). The normalized spacial score (nSPS) is 14.2. The second-order valence-corrected chi connectivity index (χ2v) is 8.57. The van der Waals surface area contributed by atoms with Crippen molar-refractivity contribution in [2.45, 2.75) is 38.5 Å². The summed E-state index contributed by atoms with van der Waals surface area (Å²) < 4.78 is 21.4. The number of aryl methyl sites for hydroxylation is 1. The molecular weight excluding hydrogens is 454 g/mol. The van der Waals surface area contributed by atoms with Crippen molar-refractivity contribution in [2.24, 2.45) is 5.92 Å². The van der Waals surface area contributed by atoms with Gasteiger partial charge in [0.05, 0.1) is 33.5 Å². The lowest BCUT2D eigenvalue weighted by atomic mass is 9.92. The number of esters is 1. The van der Waals surface area contributed by atoms with Crippen molar-refractivity contribution in [3.63, 3.8) is 0 Å². The van der Waals surface area contributed by atoms with E-state index in [2.05, 4.69) is 35.2 Å². The number of piperidine rings is 1. The lowest BCUT2D eigenvalue weighted by molar-refractivity contribution is 0.0487. The van der Waals surface area contributed by atoms with Crippen LogP contribution in [0.5, 0.6) is 17.2 Å². The van der Waals surface area contributed by atoms with Gasteiger partial charge in [-0.3, -0.25) is 0 Å². The van der Waals surface area contributed by atoms with Crippen LogP contribution in [0.3, 0.4) is 0 Å². The van der Waals surface area contributed by atoms with Gasteiger partial charge in [-0.2, -0.15) is 0 Å². The Morgan fingerprint density at radius 1 is 0.941 bits per heavy atom. The number of nitrogens with zero attached hydrogens (tertiary/aromatic N) is 1.